The van der Waals surface area contributed by atoms with Gasteiger partial charge in [-0.15, -0.1) is 0 Å². The molecule has 0 fully saturated rings. The lowest BCUT2D eigenvalue weighted by atomic mass is 26.4. The fraction of sp³-hybridized carbons (Fsp3) is 0. The minimum Gasteiger partial charge on any atom is -0.301 e. The monoisotopic (exact) mass is 112 g/mol. The van der Waals surface area contributed by atoms with Crippen LogP contribution in [0, 0.1) is 0 Å². The molecule has 0 amide bonds. The molecule has 0 rings (SSSR count). The average Bonchev–Trinajstić information content (AvgIpc) is 0.811. The summed E-state index contributed by atoms with van der Waals surface area (Å²) in [7, 11) is 9.26. The van der Waals surface area contributed by atoms with E-state index >= 15 is 0 Å². The zero-order chi connectivity index (χ0) is 3.58. The van der Waals surface area contributed by atoms with E-state index in [1.165, 1.54) is 0 Å². The van der Waals surface area contributed by atoms with E-state index in [1.54, 1.807) is 0 Å². The summed E-state index contributed by atoms with van der Waals surface area (Å²) in [6, 6.07) is 0. The molecule has 0 nitrogen and oxygen atoms in total. The maximum Gasteiger partial charge on any atom is -0.233 e. The maximum atomic E-state index is 3.24. The van der Waals surface area contributed by atoms with Crippen molar-refractivity contribution < 1.29 is 0 Å². The van der Waals surface area contributed by atoms with Crippen LogP contribution in [0.15, 0.2) is 0 Å². The highest BCUT2D eigenvalue weighted by Crippen LogP contribution is 1.35. The van der Waals surface area contributed by atoms with E-state index < -0.39 is 7.35 Å². The molecule has 0 aliphatic carbocycles. The first-order valence-corrected chi connectivity index (χ1v) is 6.75. The van der Waals surface area contributed by atoms with Gasteiger partial charge in [0.05, 0.1) is 0 Å². The molecule has 4 heavy (non-hydrogen) atoms. The maximum absolute atomic E-state index is 3.24. The minimum atomic E-state index is -0.463. The number of rotatable bonds is 0. The van der Waals surface area contributed by atoms with Crippen LogP contribution in [0.3, 0.4) is 0 Å². The zero-order valence-corrected chi connectivity index (χ0v) is 6.00. The van der Waals surface area contributed by atoms with Gasteiger partial charge in [-0.25, -0.2) is 29.3 Å². The van der Waals surface area contributed by atoms with Crippen LogP contribution < -0.4 is 0 Å². The first-order valence-electron chi connectivity index (χ1n) is 0.750. The molecule has 0 bridgehead atoms. The van der Waals surface area contributed by atoms with Gasteiger partial charge in [0, 0.05) is 0 Å². The highest BCUT2D eigenvalue weighted by Gasteiger charge is 1.47. The summed E-state index contributed by atoms with van der Waals surface area (Å²) in [4.78, 5) is 0. The van der Waals surface area contributed by atoms with Crippen LogP contribution in [-0.2, 0) is 0 Å². The second kappa shape index (κ2) is 2.13. The van der Waals surface area contributed by atoms with E-state index in [-0.39, 0.29) is 0 Å². The van der Waals surface area contributed by atoms with Gasteiger partial charge >= 0.3 is 0 Å². The van der Waals surface area contributed by atoms with Gasteiger partial charge in [-0.2, -0.15) is 0 Å². The Hall–Kier alpha value is 0.868. The summed E-state index contributed by atoms with van der Waals surface area (Å²) in [6.07, 6.45) is 0. The van der Waals surface area contributed by atoms with Crippen molar-refractivity contribution in [1.82, 2.24) is 0 Å². The molecule has 9 radical (unpaired) electrons. The lowest BCUT2D eigenvalue weighted by Crippen LogP contribution is -2.11. The summed E-state index contributed by atoms with van der Waals surface area (Å²) >= 11 is 0. The third kappa shape index (κ3) is 13.3. The smallest absolute Gasteiger partial charge is 0.233 e. The van der Waals surface area contributed by atoms with E-state index in [1.807, 2.05) is 0 Å². The van der Waals surface area contributed by atoms with Gasteiger partial charge in [-0.05, 0) is 0 Å². The minimum absolute atomic E-state index is 0.463. The molecule has 0 aromatic rings. The molecular formula is Si4-. The van der Waals surface area contributed by atoms with Gasteiger partial charge in [0.25, 0.3) is 0 Å². The summed E-state index contributed by atoms with van der Waals surface area (Å²) < 4.78 is 0. The SMILES string of the molecule is [Si][Si-]([Si])[Si]. The van der Waals surface area contributed by atoms with Crippen molar-refractivity contribution in [3.8, 4) is 0 Å². The van der Waals surface area contributed by atoms with Gasteiger partial charge in [0.15, 0.2) is 0 Å². The normalized spacial score (nSPS) is 9.00. The Bertz CT molecular complexity index is 4.75. The van der Waals surface area contributed by atoms with Crippen LogP contribution >= 0.6 is 0 Å². The molecule has 0 saturated heterocycles. The van der Waals surface area contributed by atoms with Crippen molar-refractivity contribution in [2.75, 3.05) is 0 Å². The zero-order valence-electron chi connectivity index (χ0n) is 2.00. The van der Waals surface area contributed by atoms with Crippen molar-refractivity contribution in [3.05, 3.63) is 0 Å². The highest BCUT2D eigenvalue weighted by atomic mass is 29.8. The average molecular weight is 112 g/mol. The van der Waals surface area contributed by atoms with Crippen molar-refractivity contribution in [3.63, 3.8) is 0 Å². The Morgan fingerprint density at radius 3 is 1.00 bits per heavy atom. The first-order chi connectivity index (χ1) is 1.73. The molecule has 0 aliphatic heterocycles. The van der Waals surface area contributed by atoms with Gasteiger partial charge in [0.1, 0.15) is 0 Å². The Labute approximate surface area is 37.2 Å². The molecule has 17 valence electrons. The van der Waals surface area contributed by atoms with E-state index in [4.69, 9.17) is 0 Å². The third-order valence-corrected chi connectivity index (χ3v) is 0. The topological polar surface area (TPSA) is 0 Å². The van der Waals surface area contributed by atoms with Crippen molar-refractivity contribution in [1.29, 1.82) is 0 Å². The lowest BCUT2D eigenvalue weighted by molar-refractivity contribution is 4.02. The van der Waals surface area contributed by atoms with Crippen LogP contribution in [0.25, 0.3) is 0 Å². The van der Waals surface area contributed by atoms with Crippen LogP contribution in [-0.4, -0.2) is 36.6 Å². The van der Waals surface area contributed by atoms with Crippen LogP contribution in [0.4, 0.5) is 0 Å². The summed E-state index contributed by atoms with van der Waals surface area (Å²) in [5.74, 6) is 0. The molecule has 0 unspecified atom stereocenters. The Kier molecular flexibility index (Phi) is 2.59. The summed E-state index contributed by atoms with van der Waals surface area (Å²) in [5, 5.41) is 0. The molecule has 4 heteroatoms. The molecule has 0 aliphatic rings. The predicted octanol–water partition coefficient (Wildman–Crippen LogP) is -1.52. The highest BCUT2D eigenvalue weighted by molar-refractivity contribution is 7.49. The molecule has 0 spiro atoms. The Balaban J connectivity index is 2.32. The Morgan fingerprint density at radius 2 is 1.00 bits per heavy atom. The van der Waals surface area contributed by atoms with Crippen molar-refractivity contribution >= 4 is 36.6 Å². The standard InChI is InChI=1S/Si4/c1-4(2)3/q-1. The lowest BCUT2D eigenvalue weighted by Gasteiger charge is -2.00. The molecule has 0 N–H and O–H groups in total. The van der Waals surface area contributed by atoms with Gasteiger partial charge < -0.3 is 7.35 Å². The van der Waals surface area contributed by atoms with Crippen LogP contribution in [0.1, 0.15) is 0 Å². The largest absolute Gasteiger partial charge is 0.301 e. The number of hydrogen-bond donors (Lipinski definition) is 0. The molecule has 0 saturated carbocycles. The second-order valence-corrected chi connectivity index (χ2v) is 10.1. The van der Waals surface area contributed by atoms with E-state index in [0.717, 1.165) is 0 Å². The van der Waals surface area contributed by atoms with Crippen LogP contribution in [0.2, 0.25) is 0 Å². The first kappa shape index (κ1) is 4.87. The summed E-state index contributed by atoms with van der Waals surface area (Å²) in [6.45, 7) is 0. The molecule has 0 aromatic heterocycles. The molecule has 0 atom stereocenters. The van der Waals surface area contributed by atoms with E-state index in [9.17, 15) is 0 Å². The molecule has 0 heterocycles. The second-order valence-electron chi connectivity index (χ2n) is 0.375. The van der Waals surface area contributed by atoms with Gasteiger partial charge in [-0.3, -0.25) is 0 Å². The van der Waals surface area contributed by atoms with Gasteiger partial charge in [0.2, 0.25) is 0 Å². The quantitative estimate of drug-likeness (QED) is 0.334. The Morgan fingerprint density at radius 1 is 1.00 bits per heavy atom. The van der Waals surface area contributed by atoms with E-state index in [2.05, 4.69) is 29.3 Å². The van der Waals surface area contributed by atoms with Crippen molar-refractivity contribution in [2.45, 2.75) is 0 Å². The van der Waals surface area contributed by atoms with Gasteiger partial charge in [-0.1, -0.05) is 0 Å². The summed E-state index contributed by atoms with van der Waals surface area (Å²) in [5.41, 5.74) is 0. The predicted molar refractivity (Wildman–Crippen MR) is 23.0 cm³/mol. The molecular weight excluding hydrogens is 112 g/mol. The van der Waals surface area contributed by atoms with Crippen LogP contribution in [0.5, 0.6) is 0 Å². The fourth-order valence-electron chi connectivity index (χ4n) is 0. The van der Waals surface area contributed by atoms with Crippen molar-refractivity contribution in [2.24, 2.45) is 0 Å². The third-order valence-electron chi connectivity index (χ3n) is 0. The fourth-order valence-corrected chi connectivity index (χ4v) is 0. The number of hydrogen-bond acceptors (Lipinski definition) is 0. The molecule has 0 aromatic carbocycles. The van der Waals surface area contributed by atoms with E-state index in [0.29, 0.717) is 0 Å².